The van der Waals surface area contributed by atoms with E-state index in [2.05, 4.69) is 17.3 Å². The zero-order valence-electron chi connectivity index (χ0n) is 14.1. The van der Waals surface area contributed by atoms with Crippen molar-refractivity contribution < 1.29 is 4.79 Å². The Morgan fingerprint density at radius 3 is 2.92 bits per heavy atom. The maximum atomic E-state index is 12.9. The van der Waals surface area contributed by atoms with E-state index in [-0.39, 0.29) is 11.3 Å². The van der Waals surface area contributed by atoms with Gasteiger partial charge in [-0.05, 0) is 37.4 Å². The van der Waals surface area contributed by atoms with Gasteiger partial charge in [0.1, 0.15) is 0 Å². The van der Waals surface area contributed by atoms with Crippen LogP contribution in [0.1, 0.15) is 34.4 Å². The first kappa shape index (κ1) is 17.5. The van der Waals surface area contributed by atoms with Crippen LogP contribution < -0.4 is 5.73 Å². The molecular weight excluding hydrogens is 338 g/mol. The Bertz CT molecular complexity index is 731. The summed E-state index contributed by atoms with van der Waals surface area (Å²) < 4.78 is 0. The minimum absolute atomic E-state index is 0.0515. The fourth-order valence-corrected chi connectivity index (χ4v) is 4.58. The molecule has 1 aliphatic rings. The van der Waals surface area contributed by atoms with Gasteiger partial charge in [0, 0.05) is 29.1 Å². The molecule has 2 heterocycles. The minimum Gasteiger partial charge on any atom is -0.338 e. The largest absolute Gasteiger partial charge is 0.338 e. The second kappa shape index (κ2) is 7.25. The number of aryl methyl sites for hydroxylation is 1. The van der Waals surface area contributed by atoms with E-state index in [0.717, 1.165) is 46.4 Å². The SMILES string of the molecule is Cc1nc(CSc2ccccc2C(=O)N2CCC(C)(CN)C2)cs1. The highest BCUT2D eigenvalue weighted by Gasteiger charge is 2.35. The third-order valence-corrected chi connectivity index (χ3v) is 6.43. The van der Waals surface area contributed by atoms with Gasteiger partial charge >= 0.3 is 0 Å². The third-order valence-electron chi connectivity index (χ3n) is 4.50. The molecule has 1 unspecified atom stereocenters. The number of hydrogen-bond acceptors (Lipinski definition) is 5. The lowest BCUT2D eigenvalue weighted by molar-refractivity contribution is 0.0773. The molecule has 128 valence electrons. The molecule has 1 saturated heterocycles. The maximum absolute atomic E-state index is 12.9. The minimum atomic E-state index is 0.0515. The van der Waals surface area contributed by atoms with Crippen molar-refractivity contribution in [3.63, 3.8) is 0 Å². The van der Waals surface area contributed by atoms with Gasteiger partial charge in [-0.2, -0.15) is 0 Å². The molecular formula is C18H23N3OS2. The topological polar surface area (TPSA) is 59.2 Å². The standard InChI is InChI=1S/C18H23N3OS2/c1-13-20-14(9-23-13)10-24-16-6-4-3-5-15(16)17(22)21-8-7-18(2,11-19)12-21/h3-6,9H,7-8,10-12,19H2,1-2H3. The number of nitrogens with zero attached hydrogens (tertiary/aromatic N) is 2. The molecule has 1 fully saturated rings. The van der Waals surface area contributed by atoms with E-state index in [9.17, 15) is 4.79 Å². The lowest BCUT2D eigenvalue weighted by atomic mass is 9.90. The molecule has 1 aliphatic heterocycles. The highest BCUT2D eigenvalue weighted by molar-refractivity contribution is 7.98. The first-order valence-corrected chi connectivity index (χ1v) is 9.99. The molecule has 0 radical (unpaired) electrons. The zero-order valence-corrected chi connectivity index (χ0v) is 15.8. The first-order chi connectivity index (χ1) is 11.5. The molecule has 0 saturated carbocycles. The number of rotatable bonds is 5. The predicted octanol–water partition coefficient (Wildman–Crippen LogP) is 3.55. The number of amides is 1. The van der Waals surface area contributed by atoms with Crippen molar-refractivity contribution in [2.45, 2.75) is 30.9 Å². The van der Waals surface area contributed by atoms with E-state index in [0.29, 0.717) is 6.54 Å². The lowest BCUT2D eigenvalue weighted by Gasteiger charge is -2.23. The van der Waals surface area contributed by atoms with Crippen LogP contribution in [0.25, 0.3) is 0 Å². The Kier molecular flexibility index (Phi) is 5.27. The Labute approximate surface area is 151 Å². The van der Waals surface area contributed by atoms with Crippen LogP contribution in [-0.2, 0) is 5.75 Å². The van der Waals surface area contributed by atoms with E-state index in [1.165, 1.54) is 0 Å². The predicted molar refractivity (Wildman–Crippen MR) is 101 cm³/mol. The van der Waals surface area contributed by atoms with Gasteiger partial charge in [-0.1, -0.05) is 19.1 Å². The van der Waals surface area contributed by atoms with Gasteiger partial charge in [0.25, 0.3) is 5.91 Å². The summed E-state index contributed by atoms with van der Waals surface area (Å²) in [5.41, 5.74) is 7.78. The van der Waals surface area contributed by atoms with Crippen LogP contribution in [0.2, 0.25) is 0 Å². The number of carbonyl (C=O) groups is 1. The van der Waals surface area contributed by atoms with E-state index in [1.807, 2.05) is 36.1 Å². The monoisotopic (exact) mass is 361 g/mol. The fourth-order valence-electron chi connectivity index (χ4n) is 2.93. The van der Waals surface area contributed by atoms with Crippen LogP contribution in [0.15, 0.2) is 34.5 Å². The molecule has 2 N–H and O–H groups in total. The summed E-state index contributed by atoms with van der Waals surface area (Å²) in [4.78, 5) is 20.4. The summed E-state index contributed by atoms with van der Waals surface area (Å²) in [6.07, 6.45) is 0.975. The number of benzene rings is 1. The molecule has 4 nitrogen and oxygen atoms in total. The van der Waals surface area contributed by atoms with Crippen LogP contribution in [0.3, 0.4) is 0 Å². The molecule has 0 spiro atoms. The van der Waals surface area contributed by atoms with Crippen LogP contribution in [0.4, 0.5) is 0 Å². The number of hydrogen-bond donors (Lipinski definition) is 1. The van der Waals surface area contributed by atoms with Gasteiger partial charge in [-0.25, -0.2) is 4.98 Å². The summed E-state index contributed by atoms with van der Waals surface area (Å²) in [5.74, 6) is 0.902. The van der Waals surface area contributed by atoms with Crippen LogP contribution in [-0.4, -0.2) is 35.4 Å². The number of carbonyl (C=O) groups excluding carboxylic acids is 1. The first-order valence-electron chi connectivity index (χ1n) is 8.13. The molecule has 1 amide bonds. The Balaban J connectivity index is 1.73. The Morgan fingerprint density at radius 2 is 2.25 bits per heavy atom. The van der Waals surface area contributed by atoms with Gasteiger partial charge in [-0.3, -0.25) is 4.79 Å². The summed E-state index contributed by atoms with van der Waals surface area (Å²) >= 11 is 3.34. The molecule has 0 bridgehead atoms. The number of nitrogens with two attached hydrogens (primary N) is 1. The summed E-state index contributed by atoms with van der Waals surface area (Å²) in [7, 11) is 0. The van der Waals surface area contributed by atoms with Gasteiger partial charge in [0.2, 0.25) is 0 Å². The molecule has 3 rings (SSSR count). The van der Waals surface area contributed by atoms with Crippen LogP contribution in [0, 0.1) is 12.3 Å². The van der Waals surface area contributed by atoms with E-state index >= 15 is 0 Å². The molecule has 1 atom stereocenters. The summed E-state index contributed by atoms with van der Waals surface area (Å²) in [6, 6.07) is 7.87. The Morgan fingerprint density at radius 1 is 1.46 bits per heavy atom. The van der Waals surface area contributed by atoms with Crippen molar-refractivity contribution in [3.8, 4) is 0 Å². The third kappa shape index (κ3) is 3.82. The number of thiazole rings is 1. The Hall–Kier alpha value is -1.37. The molecule has 0 aliphatic carbocycles. The quantitative estimate of drug-likeness (QED) is 0.827. The van der Waals surface area contributed by atoms with Crippen LogP contribution >= 0.6 is 23.1 Å². The zero-order chi connectivity index (χ0) is 17.2. The van der Waals surface area contributed by atoms with Gasteiger partial charge in [-0.15, -0.1) is 23.1 Å². The van der Waals surface area contributed by atoms with Crippen molar-refractivity contribution in [2.24, 2.45) is 11.1 Å². The fraction of sp³-hybridized carbons (Fsp3) is 0.444. The van der Waals surface area contributed by atoms with Crippen molar-refractivity contribution in [3.05, 3.63) is 45.9 Å². The molecule has 1 aromatic carbocycles. The number of likely N-dealkylation sites (tertiary alicyclic amines) is 1. The smallest absolute Gasteiger partial charge is 0.255 e. The maximum Gasteiger partial charge on any atom is 0.255 e. The second-order valence-electron chi connectivity index (χ2n) is 6.63. The van der Waals surface area contributed by atoms with Crippen LogP contribution in [0.5, 0.6) is 0 Å². The molecule has 2 aromatic rings. The van der Waals surface area contributed by atoms with Crippen molar-refractivity contribution in [1.82, 2.24) is 9.88 Å². The molecule has 6 heteroatoms. The number of aromatic nitrogens is 1. The van der Waals surface area contributed by atoms with Gasteiger partial charge < -0.3 is 10.6 Å². The normalized spacial score (nSPS) is 20.5. The molecule has 24 heavy (non-hydrogen) atoms. The summed E-state index contributed by atoms with van der Waals surface area (Å²) in [5, 5.41) is 3.16. The average molecular weight is 362 g/mol. The highest BCUT2D eigenvalue weighted by Crippen LogP contribution is 2.32. The highest BCUT2D eigenvalue weighted by atomic mass is 32.2. The van der Waals surface area contributed by atoms with Gasteiger partial charge in [0.15, 0.2) is 0 Å². The van der Waals surface area contributed by atoms with E-state index < -0.39 is 0 Å². The second-order valence-corrected chi connectivity index (χ2v) is 8.71. The van der Waals surface area contributed by atoms with Gasteiger partial charge in [0.05, 0.1) is 16.3 Å². The van der Waals surface area contributed by atoms with Crippen molar-refractivity contribution in [1.29, 1.82) is 0 Å². The van der Waals surface area contributed by atoms with Crippen molar-refractivity contribution >= 4 is 29.0 Å². The van der Waals surface area contributed by atoms with E-state index in [4.69, 9.17) is 5.73 Å². The van der Waals surface area contributed by atoms with Crippen molar-refractivity contribution in [2.75, 3.05) is 19.6 Å². The summed E-state index contributed by atoms with van der Waals surface area (Å²) in [6.45, 7) is 6.32. The average Bonchev–Trinajstić information content (AvgIpc) is 3.19. The number of thioether (sulfide) groups is 1. The molecule has 1 aromatic heterocycles. The lowest BCUT2D eigenvalue weighted by Crippen LogP contribution is -2.34. The van der Waals surface area contributed by atoms with E-state index in [1.54, 1.807) is 23.1 Å².